The summed E-state index contributed by atoms with van der Waals surface area (Å²) in [6.07, 6.45) is 3.69. The van der Waals surface area contributed by atoms with E-state index in [2.05, 4.69) is 77.6 Å². The predicted molar refractivity (Wildman–Crippen MR) is 117 cm³/mol. The highest BCUT2D eigenvalue weighted by Gasteiger charge is 2.27. The van der Waals surface area contributed by atoms with Gasteiger partial charge in [0.1, 0.15) is 12.4 Å². The second kappa shape index (κ2) is 12.4. The third kappa shape index (κ3) is 10.2. The molecule has 2 heteroatoms. The maximum atomic E-state index is 5.95. The van der Waals surface area contributed by atoms with Gasteiger partial charge in [0.15, 0.2) is 0 Å². The summed E-state index contributed by atoms with van der Waals surface area (Å²) in [5, 5.41) is 0. The minimum atomic E-state index is 0.190. The Hall–Kier alpha value is -1.02. The fourth-order valence-corrected chi connectivity index (χ4v) is 3.53. The van der Waals surface area contributed by atoms with Gasteiger partial charge in [-0.15, -0.1) is 0 Å². The smallest absolute Gasteiger partial charge is 0.119 e. The van der Waals surface area contributed by atoms with Crippen LogP contribution in [0.1, 0.15) is 87.1 Å². The minimum Gasteiger partial charge on any atom is -0.492 e. The van der Waals surface area contributed by atoms with E-state index in [1.807, 2.05) is 13.8 Å². The van der Waals surface area contributed by atoms with Crippen molar-refractivity contribution in [3.8, 4) is 5.75 Å². The van der Waals surface area contributed by atoms with Crippen molar-refractivity contribution in [1.29, 1.82) is 0 Å². The molecule has 0 bridgehead atoms. The summed E-state index contributed by atoms with van der Waals surface area (Å²) < 4.78 is 5.95. The molecule has 0 aromatic heterocycles. The van der Waals surface area contributed by atoms with Crippen molar-refractivity contribution < 1.29 is 4.74 Å². The fraction of sp³-hybridized carbons (Fsp3) is 0.750. The molecule has 0 atom stereocenters. The van der Waals surface area contributed by atoms with Crippen LogP contribution in [-0.2, 0) is 5.41 Å². The van der Waals surface area contributed by atoms with Gasteiger partial charge in [-0.05, 0) is 54.5 Å². The summed E-state index contributed by atoms with van der Waals surface area (Å²) in [7, 11) is 0. The van der Waals surface area contributed by atoms with Crippen LogP contribution in [0, 0.1) is 5.41 Å². The Balaban J connectivity index is 0.00000301. The summed E-state index contributed by atoms with van der Waals surface area (Å²) in [5.41, 5.74) is 1.92. The summed E-state index contributed by atoms with van der Waals surface area (Å²) in [6.45, 7) is 24.1. The molecule has 1 rings (SSSR count). The van der Waals surface area contributed by atoms with E-state index in [1.54, 1.807) is 0 Å². The molecule has 0 heterocycles. The van der Waals surface area contributed by atoms with Crippen molar-refractivity contribution in [2.75, 3.05) is 26.2 Å². The highest BCUT2D eigenvalue weighted by molar-refractivity contribution is 5.31. The predicted octanol–water partition coefficient (Wildman–Crippen LogP) is 6.93. The van der Waals surface area contributed by atoms with Gasteiger partial charge in [0.25, 0.3) is 0 Å². The van der Waals surface area contributed by atoms with Crippen molar-refractivity contribution in [2.24, 2.45) is 5.41 Å². The summed E-state index contributed by atoms with van der Waals surface area (Å²) in [4.78, 5) is 2.46. The van der Waals surface area contributed by atoms with Crippen LogP contribution < -0.4 is 4.74 Å². The molecule has 1 aromatic rings. The zero-order valence-corrected chi connectivity index (χ0v) is 19.1. The Kier molecular flexibility index (Phi) is 11.9. The molecule has 0 spiro atoms. The number of likely N-dealkylation sites (N-methyl/N-ethyl adjacent to an activating group) is 1. The molecule has 0 saturated heterocycles. The number of rotatable bonds is 10. The summed E-state index contributed by atoms with van der Waals surface area (Å²) in [6, 6.07) is 8.72. The van der Waals surface area contributed by atoms with Gasteiger partial charge in [-0.2, -0.15) is 0 Å². The third-order valence-corrected chi connectivity index (χ3v) is 4.56. The van der Waals surface area contributed by atoms with Crippen LogP contribution in [-0.4, -0.2) is 31.1 Å². The lowest BCUT2D eigenvalue weighted by Crippen LogP contribution is -2.29. The van der Waals surface area contributed by atoms with Crippen LogP contribution in [0.3, 0.4) is 0 Å². The summed E-state index contributed by atoms with van der Waals surface area (Å²) >= 11 is 0. The van der Waals surface area contributed by atoms with Gasteiger partial charge in [0.05, 0.1) is 0 Å². The van der Waals surface area contributed by atoms with E-state index in [9.17, 15) is 0 Å². The van der Waals surface area contributed by atoms with Crippen molar-refractivity contribution >= 4 is 0 Å². The molecule has 0 fully saturated rings. The third-order valence-electron chi connectivity index (χ3n) is 4.56. The first kappa shape index (κ1) is 25.0. The van der Waals surface area contributed by atoms with Crippen LogP contribution in [0.5, 0.6) is 5.75 Å². The first-order valence-corrected chi connectivity index (χ1v) is 10.6. The van der Waals surface area contributed by atoms with Gasteiger partial charge < -0.3 is 9.64 Å². The molecule has 26 heavy (non-hydrogen) atoms. The molecule has 152 valence electrons. The molecule has 0 N–H and O–H groups in total. The monoisotopic (exact) mass is 363 g/mol. The Morgan fingerprint density at radius 2 is 1.46 bits per heavy atom. The van der Waals surface area contributed by atoms with Crippen LogP contribution in [0.4, 0.5) is 0 Å². The Bertz CT molecular complexity index is 456. The first-order chi connectivity index (χ1) is 12.2. The largest absolute Gasteiger partial charge is 0.492 e. The maximum absolute atomic E-state index is 5.95. The van der Waals surface area contributed by atoms with Gasteiger partial charge in [0, 0.05) is 6.54 Å². The lowest BCUT2D eigenvalue weighted by molar-refractivity contribution is 0.213. The van der Waals surface area contributed by atoms with E-state index in [4.69, 9.17) is 4.74 Å². The van der Waals surface area contributed by atoms with Gasteiger partial charge >= 0.3 is 0 Å². The van der Waals surface area contributed by atoms with Gasteiger partial charge in [-0.25, -0.2) is 0 Å². The van der Waals surface area contributed by atoms with Crippen molar-refractivity contribution in [2.45, 2.75) is 87.0 Å². The van der Waals surface area contributed by atoms with Crippen molar-refractivity contribution in [3.63, 3.8) is 0 Å². The van der Waals surface area contributed by atoms with E-state index in [-0.39, 0.29) is 5.41 Å². The molecular formula is C24H45NO. The molecule has 0 unspecified atom stereocenters. The van der Waals surface area contributed by atoms with E-state index in [1.165, 1.54) is 31.4 Å². The molecule has 1 aromatic carbocycles. The quantitative estimate of drug-likeness (QED) is 0.447. The first-order valence-electron chi connectivity index (χ1n) is 10.6. The molecule has 0 aliphatic carbocycles. The Morgan fingerprint density at radius 3 is 1.92 bits per heavy atom. The number of benzene rings is 1. The Morgan fingerprint density at radius 1 is 0.885 bits per heavy atom. The average molecular weight is 364 g/mol. The number of hydrogen-bond acceptors (Lipinski definition) is 2. The highest BCUT2D eigenvalue weighted by atomic mass is 16.5. The molecule has 0 saturated carbocycles. The SMILES string of the molecule is CC.CCCCN(CC)CCOc1ccc(C(C)(C)CC(C)(C)C)cc1. The highest BCUT2D eigenvalue weighted by Crippen LogP contribution is 2.36. The van der Waals surface area contributed by atoms with Gasteiger partial charge in [-0.3, -0.25) is 0 Å². The molecule has 0 amide bonds. The van der Waals surface area contributed by atoms with E-state index >= 15 is 0 Å². The molecule has 0 aliphatic rings. The minimum absolute atomic E-state index is 0.190. The van der Waals surface area contributed by atoms with Crippen LogP contribution in [0.25, 0.3) is 0 Å². The molecular weight excluding hydrogens is 318 g/mol. The van der Waals surface area contributed by atoms with Crippen molar-refractivity contribution in [3.05, 3.63) is 29.8 Å². The summed E-state index contributed by atoms with van der Waals surface area (Å²) in [5.74, 6) is 0.983. The second-order valence-electron chi connectivity index (χ2n) is 8.78. The van der Waals surface area contributed by atoms with Crippen LogP contribution in [0.2, 0.25) is 0 Å². The lowest BCUT2D eigenvalue weighted by Gasteiger charge is -2.33. The Labute approximate surface area is 164 Å². The van der Waals surface area contributed by atoms with Crippen molar-refractivity contribution in [1.82, 2.24) is 4.90 Å². The zero-order valence-electron chi connectivity index (χ0n) is 19.1. The lowest BCUT2D eigenvalue weighted by atomic mass is 9.72. The number of nitrogens with zero attached hydrogens (tertiary/aromatic N) is 1. The normalized spacial score (nSPS) is 11.9. The molecule has 2 nitrogen and oxygen atoms in total. The van der Waals surface area contributed by atoms with Crippen LogP contribution >= 0.6 is 0 Å². The van der Waals surface area contributed by atoms with Gasteiger partial charge in [-0.1, -0.05) is 80.9 Å². The average Bonchev–Trinajstić information content (AvgIpc) is 2.58. The van der Waals surface area contributed by atoms with E-state index in [0.717, 1.165) is 25.4 Å². The van der Waals surface area contributed by atoms with E-state index in [0.29, 0.717) is 5.41 Å². The fourth-order valence-electron chi connectivity index (χ4n) is 3.53. The number of hydrogen-bond donors (Lipinski definition) is 0. The van der Waals surface area contributed by atoms with Gasteiger partial charge in [0.2, 0.25) is 0 Å². The van der Waals surface area contributed by atoms with E-state index < -0.39 is 0 Å². The number of ether oxygens (including phenoxy) is 1. The molecule has 0 radical (unpaired) electrons. The topological polar surface area (TPSA) is 12.5 Å². The molecule has 0 aliphatic heterocycles. The number of unbranched alkanes of at least 4 members (excludes halogenated alkanes) is 1. The standard InChI is InChI=1S/C22H39NO.C2H6/c1-8-10-15-23(9-2)16-17-24-20-13-11-19(12-14-20)22(6,7)18-21(3,4)5;1-2/h11-14H,8-10,15-18H2,1-7H3;1-2H3. The zero-order chi connectivity index (χ0) is 20.2. The van der Waals surface area contributed by atoms with Crippen LogP contribution in [0.15, 0.2) is 24.3 Å². The second-order valence-corrected chi connectivity index (χ2v) is 8.78. The maximum Gasteiger partial charge on any atom is 0.119 e.